The predicted molar refractivity (Wildman–Crippen MR) is 200 cm³/mol. The van der Waals surface area contributed by atoms with E-state index < -0.39 is 5.41 Å². The Morgan fingerprint density at radius 1 is 0.333 bits per heavy atom. The van der Waals surface area contributed by atoms with Crippen molar-refractivity contribution in [3.63, 3.8) is 0 Å². The SMILES string of the molecule is c1ccc(-c2ccc(N(c3cccc4c3-c3ccccc3C43c4ccccc4-c4ccccc43)c3cccc4ccccc34)cc2)cc1. The highest BCUT2D eigenvalue weighted by molar-refractivity contribution is 6.05. The molecular weight excluding hydrogens is 579 g/mol. The van der Waals surface area contributed by atoms with E-state index in [1.807, 2.05) is 0 Å². The van der Waals surface area contributed by atoms with Gasteiger partial charge in [0.25, 0.3) is 0 Å². The number of nitrogens with zero attached hydrogens (tertiary/aromatic N) is 1. The van der Waals surface area contributed by atoms with Crippen LogP contribution >= 0.6 is 0 Å². The number of benzene rings is 8. The fraction of sp³-hybridized carbons (Fsp3) is 0.0213. The monoisotopic (exact) mass is 609 g/mol. The van der Waals surface area contributed by atoms with E-state index in [1.165, 1.54) is 77.8 Å². The van der Waals surface area contributed by atoms with Crippen LogP contribution in [0.2, 0.25) is 0 Å². The third-order valence-electron chi connectivity index (χ3n) is 10.5. The summed E-state index contributed by atoms with van der Waals surface area (Å²) >= 11 is 0. The van der Waals surface area contributed by atoms with Crippen LogP contribution in [0.15, 0.2) is 188 Å². The molecule has 0 unspecified atom stereocenters. The zero-order valence-corrected chi connectivity index (χ0v) is 26.3. The Bertz CT molecular complexity index is 2460. The van der Waals surface area contributed by atoms with Gasteiger partial charge >= 0.3 is 0 Å². The lowest BCUT2D eigenvalue weighted by molar-refractivity contribution is 0.794. The molecule has 0 heterocycles. The summed E-state index contributed by atoms with van der Waals surface area (Å²) < 4.78 is 0. The second-order valence-corrected chi connectivity index (χ2v) is 12.8. The maximum Gasteiger partial charge on any atom is 0.0726 e. The topological polar surface area (TPSA) is 3.24 Å². The van der Waals surface area contributed by atoms with E-state index in [1.54, 1.807) is 0 Å². The van der Waals surface area contributed by atoms with Gasteiger partial charge in [-0.2, -0.15) is 0 Å². The molecule has 224 valence electrons. The Morgan fingerprint density at radius 3 is 1.56 bits per heavy atom. The zero-order valence-electron chi connectivity index (χ0n) is 26.3. The highest BCUT2D eigenvalue weighted by atomic mass is 15.1. The molecule has 1 nitrogen and oxygen atoms in total. The summed E-state index contributed by atoms with van der Waals surface area (Å²) in [5.74, 6) is 0. The molecule has 8 aromatic carbocycles. The molecule has 0 saturated carbocycles. The average molecular weight is 610 g/mol. The summed E-state index contributed by atoms with van der Waals surface area (Å²) in [5.41, 5.74) is 16.1. The molecule has 0 saturated heterocycles. The van der Waals surface area contributed by atoms with Crippen molar-refractivity contribution in [2.75, 3.05) is 4.90 Å². The number of rotatable bonds is 4. The minimum Gasteiger partial charge on any atom is -0.309 e. The molecular formula is C47H31N. The first kappa shape index (κ1) is 27.0. The fourth-order valence-corrected chi connectivity index (χ4v) is 8.56. The lowest BCUT2D eigenvalue weighted by Gasteiger charge is -2.32. The smallest absolute Gasteiger partial charge is 0.0726 e. The van der Waals surface area contributed by atoms with Gasteiger partial charge in [0, 0.05) is 16.6 Å². The summed E-state index contributed by atoms with van der Waals surface area (Å²) in [7, 11) is 0. The Morgan fingerprint density at radius 2 is 0.833 bits per heavy atom. The Hall–Kier alpha value is -6.18. The number of fused-ring (bicyclic) bond motifs is 11. The molecule has 2 aliphatic rings. The van der Waals surface area contributed by atoms with Gasteiger partial charge < -0.3 is 4.90 Å². The van der Waals surface area contributed by atoms with Crippen molar-refractivity contribution in [3.8, 4) is 33.4 Å². The van der Waals surface area contributed by atoms with E-state index in [4.69, 9.17) is 0 Å². The van der Waals surface area contributed by atoms with Crippen LogP contribution < -0.4 is 4.90 Å². The molecule has 0 atom stereocenters. The van der Waals surface area contributed by atoms with Crippen LogP contribution in [0.1, 0.15) is 22.3 Å². The van der Waals surface area contributed by atoms with Crippen LogP contribution in [0, 0.1) is 0 Å². The van der Waals surface area contributed by atoms with Gasteiger partial charge in [0.05, 0.1) is 16.8 Å². The molecule has 0 N–H and O–H groups in total. The van der Waals surface area contributed by atoms with Crippen molar-refractivity contribution < 1.29 is 0 Å². The fourth-order valence-electron chi connectivity index (χ4n) is 8.56. The Kier molecular flexibility index (Phi) is 5.86. The van der Waals surface area contributed by atoms with Crippen LogP contribution in [0.4, 0.5) is 17.1 Å². The number of anilines is 3. The third-order valence-corrected chi connectivity index (χ3v) is 10.5. The van der Waals surface area contributed by atoms with Crippen molar-refractivity contribution in [1.29, 1.82) is 0 Å². The zero-order chi connectivity index (χ0) is 31.7. The van der Waals surface area contributed by atoms with Crippen molar-refractivity contribution >= 4 is 27.8 Å². The van der Waals surface area contributed by atoms with Crippen LogP contribution in [0.5, 0.6) is 0 Å². The highest BCUT2D eigenvalue weighted by Crippen LogP contribution is 2.64. The standard InChI is InChI=1S/C47H31N/c1-2-14-32(15-3-1)33-28-30-35(31-29-33)48(44-26-12-17-34-16-4-5-18-36(34)44)45-27-13-25-43-46(45)39-21-8-11-24-42(39)47(43)40-22-9-6-19-37(40)38-20-7-10-23-41(38)47/h1-31H. The second kappa shape index (κ2) is 10.4. The Balaban J connectivity index is 1.28. The second-order valence-electron chi connectivity index (χ2n) is 12.8. The Labute approximate surface area is 281 Å². The van der Waals surface area contributed by atoms with Crippen LogP contribution in [0.25, 0.3) is 44.2 Å². The number of hydrogen-bond acceptors (Lipinski definition) is 1. The van der Waals surface area contributed by atoms with E-state index >= 15 is 0 Å². The molecule has 0 aliphatic heterocycles. The minimum atomic E-state index is -0.392. The molecule has 0 aromatic heterocycles. The van der Waals surface area contributed by atoms with Crippen LogP contribution in [0.3, 0.4) is 0 Å². The van der Waals surface area contributed by atoms with Crippen LogP contribution in [-0.2, 0) is 5.41 Å². The largest absolute Gasteiger partial charge is 0.309 e. The summed E-state index contributed by atoms with van der Waals surface area (Å²) in [6.45, 7) is 0. The molecule has 1 spiro atoms. The molecule has 0 radical (unpaired) electrons. The molecule has 1 heteroatoms. The maximum absolute atomic E-state index is 2.48. The van der Waals surface area contributed by atoms with Gasteiger partial charge in [-0.05, 0) is 79.7 Å². The molecule has 0 amide bonds. The summed E-state index contributed by atoms with van der Waals surface area (Å²) in [4.78, 5) is 2.48. The first-order chi connectivity index (χ1) is 23.8. The van der Waals surface area contributed by atoms with Crippen LogP contribution in [-0.4, -0.2) is 0 Å². The lowest BCUT2D eigenvalue weighted by atomic mass is 9.70. The van der Waals surface area contributed by atoms with Gasteiger partial charge in [-0.15, -0.1) is 0 Å². The normalized spacial score (nSPS) is 13.2. The molecule has 0 bridgehead atoms. The van der Waals surface area contributed by atoms with Gasteiger partial charge in [0.15, 0.2) is 0 Å². The molecule has 2 aliphatic carbocycles. The van der Waals surface area contributed by atoms with Gasteiger partial charge in [0.1, 0.15) is 0 Å². The first-order valence-electron chi connectivity index (χ1n) is 16.7. The van der Waals surface area contributed by atoms with Crippen molar-refractivity contribution in [2.45, 2.75) is 5.41 Å². The molecule has 10 rings (SSSR count). The number of hydrogen-bond donors (Lipinski definition) is 0. The lowest BCUT2D eigenvalue weighted by Crippen LogP contribution is -2.26. The third kappa shape index (κ3) is 3.67. The summed E-state index contributed by atoms with van der Waals surface area (Å²) in [5, 5.41) is 2.45. The predicted octanol–water partition coefficient (Wildman–Crippen LogP) is 12.3. The van der Waals surface area contributed by atoms with Crippen molar-refractivity contribution in [3.05, 3.63) is 210 Å². The van der Waals surface area contributed by atoms with Gasteiger partial charge in [0.2, 0.25) is 0 Å². The molecule has 0 fully saturated rings. The summed E-state index contributed by atoms with van der Waals surface area (Å²) in [6.07, 6.45) is 0. The van der Waals surface area contributed by atoms with E-state index in [0.29, 0.717) is 0 Å². The first-order valence-corrected chi connectivity index (χ1v) is 16.7. The van der Waals surface area contributed by atoms with Gasteiger partial charge in [-0.25, -0.2) is 0 Å². The quantitative estimate of drug-likeness (QED) is 0.192. The van der Waals surface area contributed by atoms with E-state index in [2.05, 4.69) is 193 Å². The highest BCUT2D eigenvalue weighted by Gasteiger charge is 2.52. The maximum atomic E-state index is 2.48. The van der Waals surface area contributed by atoms with E-state index in [0.717, 1.165) is 5.69 Å². The summed E-state index contributed by atoms with van der Waals surface area (Å²) in [6, 6.07) is 69.2. The minimum absolute atomic E-state index is 0.392. The average Bonchev–Trinajstić information content (AvgIpc) is 3.64. The molecule has 8 aromatic rings. The molecule has 48 heavy (non-hydrogen) atoms. The van der Waals surface area contributed by atoms with Crippen molar-refractivity contribution in [2.24, 2.45) is 0 Å². The van der Waals surface area contributed by atoms with Crippen molar-refractivity contribution in [1.82, 2.24) is 0 Å². The van der Waals surface area contributed by atoms with E-state index in [-0.39, 0.29) is 0 Å². The van der Waals surface area contributed by atoms with Gasteiger partial charge in [-0.1, -0.05) is 164 Å². The van der Waals surface area contributed by atoms with E-state index in [9.17, 15) is 0 Å². The van der Waals surface area contributed by atoms with Gasteiger partial charge in [-0.3, -0.25) is 0 Å².